The number of benzene rings is 2. The average molecular weight is 434 g/mol. The lowest BCUT2D eigenvalue weighted by atomic mass is 10.3. The number of thioether (sulfide) groups is 1. The van der Waals surface area contributed by atoms with Crippen molar-refractivity contribution in [2.75, 3.05) is 16.4 Å². The number of rotatable bonds is 7. The van der Waals surface area contributed by atoms with Crippen molar-refractivity contribution in [3.05, 3.63) is 65.2 Å². The van der Waals surface area contributed by atoms with Gasteiger partial charge in [-0.15, -0.1) is 10.2 Å². The molecule has 2 amide bonds. The zero-order valence-electron chi connectivity index (χ0n) is 15.4. The van der Waals surface area contributed by atoms with E-state index in [1.54, 1.807) is 35.9 Å². The Morgan fingerprint density at radius 3 is 2.52 bits per heavy atom. The van der Waals surface area contributed by atoms with Crippen molar-refractivity contribution in [2.24, 2.45) is 7.05 Å². The fraction of sp³-hybridized carbons (Fsp3) is 0.158. The van der Waals surface area contributed by atoms with Gasteiger partial charge >= 0.3 is 0 Å². The van der Waals surface area contributed by atoms with Crippen LogP contribution in [0.2, 0.25) is 5.02 Å². The largest absolute Gasteiger partial charge is 0.326 e. The van der Waals surface area contributed by atoms with Crippen molar-refractivity contribution >= 4 is 46.6 Å². The van der Waals surface area contributed by atoms with E-state index >= 15 is 0 Å². The van der Waals surface area contributed by atoms with Crippen molar-refractivity contribution in [3.8, 4) is 0 Å². The van der Waals surface area contributed by atoms with Gasteiger partial charge < -0.3 is 15.2 Å². The highest BCUT2D eigenvalue weighted by molar-refractivity contribution is 7.99. The van der Waals surface area contributed by atoms with Crippen LogP contribution < -0.4 is 10.6 Å². The van der Waals surface area contributed by atoms with Gasteiger partial charge in [0.25, 0.3) is 0 Å². The summed E-state index contributed by atoms with van der Waals surface area (Å²) in [6.45, 7) is 0. The molecule has 0 aliphatic rings. The number of carbonyl (C=O) groups excluding carboxylic acids is 2. The number of halogens is 2. The Kier molecular flexibility index (Phi) is 6.84. The van der Waals surface area contributed by atoms with Crippen molar-refractivity contribution in [1.29, 1.82) is 0 Å². The van der Waals surface area contributed by atoms with E-state index in [-0.39, 0.29) is 29.8 Å². The van der Waals surface area contributed by atoms with Crippen LogP contribution in [0.15, 0.2) is 53.7 Å². The Morgan fingerprint density at radius 2 is 1.79 bits per heavy atom. The van der Waals surface area contributed by atoms with Gasteiger partial charge in [-0.3, -0.25) is 9.59 Å². The molecule has 10 heteroatoms. The molecule has 0 bridgehead atoms. The summed E-state index contributed by atoms with van der Waals surface area (Å²) in [5.41, 5.74) is 1.10. The minimum absolute atomic E-state index is 0.00382. The van der Waals surface area contributed by atoms with E-state index in [4.69, 9.17) is 11.6 Å². The van der Waals surface area contributed by atoms with E-state index in [9.17, 15) is 14.0 Å². The van der Waals surface area contributed by atoms with Crippen LogP contribution in [0.25, 0.3) is 0 Å². The summed E-state index contributed by atoms with van der Waals surface area (Å²) >= 11 is 7.10. The quantitative estimate of drug-likeness (QED) is 0.556. The Morgan fingerprint density at radius 1 is 1.07 bits per heavy atom. The predicted octanol–water partition coefficient (Wildman–Crippen LogP) is 3.52. The summed E-state index contributed by atoms with van der Waals surface area (Å²) in [7, 11) is 1.72. The Balaban J connectivity index is 1.52. The first-order valence-electron chi connectivity index (χ1n) is 8.52. The lowest BCUT2D eigenvalue weighted by Gasteiger charge is -2.07. The molecule has 29 heavy (non-hydrogen) atoms. The van der Waals surface area contributed by atoms with Gasteiger partial charge in [0.05, 0.1) is 12.2 Å². The Bertz CT molecular complexity index is 1030. The predicted molar refractivity (Wildman–Crippen MR) is 111 cm³/mol. The van der Waals surface area contributed by atoms with Crippen LogP contribution in [0, 0.1) is 5.82 Å². The average Bonchev–Trinajstić information content (AvgIpc) is 3.01. The minimum Gasteiger partial charge on any atom is -0.326 e. The van der Waals surface area contributed by atoms with E-state index in [1.807, 2.05) is 0 Å². The van der Waals surface area contributed by atoms with Crippen LogP contribution >= 0.6 is 23.4 Å². The van der Waals surface area contributed by atoms with Gasteiger partial charge in [0.2, 0.25) is 11.8 Å². The third kappa shape index (κ3) is 6.03. The first-order chi connectivity index (χ1) is 13.9. The fourth-order valence-corrected chi connectivity index (χ4v) is 3.32. The highest BCUT2D eigenvalue weighted by Crippen LogP contribution is 2.18. The molecule has 0 fully saturated rings. The SMILES string of the molecule is Cn1c(CC(=O)Nc2ccc(F)cc2)nnc1SCC(=O)Nc1cccc(Cl)c1. The van der Waals surface area contributed by atoms with Gasteiger partial charge in [-0.2, -0.15) is 0 Å². The van der Waals surface area contributed by atoms with Crippen molar-refractivity contribution < 1.29 is 14.0 Å². The van der Waals surface area contributed by atoms with Crippen molar-refractivity contribution in [3.63, 3.8) is 0 Å². The second-order valence-electron chi connectivity index (χ2n) is 6.04. The van der Waals surface area contributed by atoms with Crippen molar-refractivity contribution in [1.82, 2.24) is 14.8 Å². The van der Waals surface area contributed by atoms with Crippen LogP contribution in [-0.2, 0) is 23.1 Å². The molecule has 0 aliphatic heterocycles. The molecule has 0 spiro atoms. The fourth-order valence-electron chi connectivity index (χ4n) is 2.40. The number of amides is 2. The van der Waals surface area contributed by atoms with E-state index < -0.39 is 0 Å². The minimum atomic E-state index is -0.377. The van der Waals surface area contributed by atoms with Crippen LogP contribution in [-0.4, -0.2) is 32.3 Å². The summed E-state index contributed by atoms with van der Waals surface area (Å²) in [6.07, 6.45) is -0.00382. The number of aromatic nitrogens is 3. The van der Waals surface area contributed by atoms with Gasteiger partial charge in [-0.25, -0.2) is 4.39 Å². The molecule has 3 aromatic rings. The van der Waals surface area contributed by atoms with Crippen LogP contribution in [0.3, 0.4) is 0 Å². The maximum atomic E-state index is 12.9. The van der Waals surface area contributed by atoms with Gasteiger partial charge in [-0.05, 0) is 42.5 Å². The lowest BCUT2D eigenvalue weighted by molar-refractivity contribution is -0.116. The molecule has 0 saturated carbocycles. The molecular weight excluding hydrogens is 417 g/mol. The standard InChI is InChI=1S/C19H17ClFN5O2S/c1-26-16(10-17(27)22-14-7-5-13(21)6-8-14)24-25-19(26)29-11-18(28)23-15-4-2-3-12(20)9-15/h2-9H,10-11H2,1H3,(H,22,27)(H,23,28). The van der Waals surface area contributed by atoms with E-state index in [2.05, 4.69) is 20.8 Å². The molecule has 1 aromatic heterocycles. The highest BCUT2D eigenvalue weighted by Gasteiger charge is 2.15. The summed E-state index contributed by atoms with van der Waals surface area (Å²) in [4.78, 5) is 24.3. The molecule has 0 atom stereocenters. The highest BCUT2D eigenvalue weighted by atomic mass is 35.5. The van der Waals surface area contributed by atoms with Crippen LogP contribution in [0.4, 0.5) is 15.8 Å². The maximum Gasteiger partial charge on any atom is 0.234 e. The second-order valence-corrected chi connectivity index (χ2v) is 7.42. The molecule has 150 valence electrons. The smallest absolute Gasteiger partial charge is 0.234 e. The summed E-state index contributed by atoms with van der Waals surface area (Å²) in [6, 6.07) is 12.4. The Hall–Kier alpha value is -2.91. The normalized spacial score (nSPS) is 10.6. The lowest BCUT2D eigenvalue weighted by Crippen LogP contribution is -2.17. The first kappa shape index (κ1) is 20.8. The molecule has 0 saturated heterocycles. The third-order valence-corrected chi connectivity index (χ3v) is 5.07. The Labute approximate surface area is 175 Å². The molecule has 7 nitrogen and oxygen atoms in total. The maximum absolute atomic E-state index is 12.9. The first-order valence-corrected chi connectivity index (χ1v) is 9.89. The van der Waals surface area contributed by atoms with E-state index in [0.29, 0.717) is 27.4 Å². The summed E-state index contributed by atoms with van der Waals surface area (Å²) in [5, 5.41) is 14.5. The second kappa shape index (κ2) is 9.53. The van der Waals surface area contributed by atoms with Gasteiger partial charge in [0.15, 0.2) is 5.16 Å². The number of hydrogen-bond donors (Lipinski definition) is 2. The van der Waals surface area contributed by atoms with Gasteiger partial charge in [0.1, 0.15) is 11.6 Å². The molecule has 2 aromatic carbocycles. The number of carbonyl (C=O) groups is 2. The third-order valence-electron chi connectivity index (χ3n) is 3.81. The number of anilines is 2. The number of nitrogens with one attached hydrogen (secondary N) is 2. The zero-order chi connectivity index (χ0) is 20.8. The number of hydrogen-bond acceptors (Lipinski definition) is 5. The molecule has 0 aliphatic carbocycles. The van der Waals surface area contributed by atoms with Crippen molar-refractivity contribution in [2.45, 2.75) is 11.6 Å². The number of nitrogens with zero attached hydrogens (tertiary/aromatic N) is 3. The topological polar surface area (TPSA) is 88.9 Å². The summed E-state index contributed by atoms with van der Waals surface area (Å²) < 4.78 is 14.6. The molecule has 1 heterocycles. The van der Waals surface area contributed by atoms with Crippen LogP contribution in [0.5, 0.6) is 0 Å². The molecule has 0 radical (unpaired) electrons. The molecule has 0 unspecified atom stereocenters. The van der Waals surface area contributed by atoms with Crippen LogP contribution in [0.1, 0.15) is 5.82 Å². The van der Waals surface area contributed by atoms with E-state index in [0.717, 1.165) is 0 Å². The van der Waals surface area contributed by atoms with Gasteiger partial charge in [0, 0.05) is 23.4 Å². The summed E-state index contributed by atoms with van der Waals surface area (Å²) in [5.74, 6) is -0.321. The molecule has 2 N–H and O–H groups in total. The van der Waals surface area contributed by atoms with Gasteiger partial charge in [-0.1, -0.05) is 29.4 Å². The zero-order valence-corrected chi connectivity index (χ0v) is 16.9. The van der Waals surface area contributed by atoms with E-state index in [1.165, 1.54) is 36.0 Å². The molecular formula is C19H17ClFN5O2S. The monoisotopic (exact) mass is 433 g/mol. The molecule has 3 rings (SSSR count).